The summed E-state index contributed by atoms with van der Waals surface area (Å²) < 4.78 is 0. The molecule has 1 aromatic carbocycles. The van der Waals surface area contributed by atoms with E-state index in [-0.39, 0.29) is 16.7 Å². The van der Waals surface area contributed by atoms with Crippen LogP contribution in [-0.2, 0) is 4.79 Å². The summed E-state index contributed by atoms with van der Waals surface area (Å²) in [6.07, 6.45) is 1.55. The van der Waals surface area contributed by atoms with Crippen molar-refractivity contribution in [2.45, 2.75) is 20.8 Å². The van der Waals surface area contributed by atoms with Crippen LogP contribution in [0.3, 0.4) is 0 Å². The number of hydrogen-bond acceptors (Lipinski definition) is 2. The predicted octanol–water partition coefficient (Wildman–Crippen LogP) is 3.62. The van der Waals surface area contributed by atoms with Crippen LogP contribution in [0.1, 0.15) is 29.8 Å². The number of amides is 1. The van der Waals surface area contributed by atoms with E-state index in [0.717, 1.165) is 5.56 Å². The first kappa shape index (κ1) is 14.4. The summed E-state index contributed by atoms with van der Waals surface area (Å²) in [7, 11) is 0. The number of carbonyl (C=O) groups is 2. The number of aryl methyl sites for hydroxylation is 1. The summed E-state index contributed by atoms with van der Waals surface area (Å²) in [5.74, 6) is -0.485. The minimum atomic E-state index is -0.371. The Kier molecular flexibility index (Phi) is 4.00. The van der Waals surface area contributed by atoms with Crippen LogP contribution in [0.2, 0.25) is 0 Å². The summed E-state index contributed by atoms with van der Waals surface area (Å²) in [6, 6.07) is 7.14. The summed E-state index contributed by atoms with van der Waals surface area (Å²) in [5, 5.41) is 0.237. The molecule has 0 aliphatic heterocycles. The van der Waals surface area contributed by atoms with E-state index < -0.39 is 0 Å². The van der Waals surface area contributed by atoms with E-state index in [1.807, 2.05) is 19.1 Å². The van der Waals surface area contributed by atoms with Gasteiger partial charge in [0.25, 0.3) is 5.91 Å². The number of aliphatic imine (C=N–C) groups is 1. The van der Waals surface area contributed by atoms with Gasteiger partial charge in [0.05, 0.1) is 10.7 Å². The fourth-order valence-corrected chi connectivity index (χ4v) is 2.06. The second-order valence-corrected chi connectivity index (χ2v) is 5.14. The second-order valence-electron chi connectivity index (χ2n) is 4.76. The van der Waals surface area contributed by atoms with Crippen LogP contribution in [0.5, 0.6) is 0 Å². The van der Waals surface area contributed by atoms with Gasteiger partial charge in [-0.25, -0.2) is 4.99 Å². The highest BCUT2D eigenvalue weighted by Crippen LogP contribution is 2.23. The van der Waals surface area contributed by atoms with Gasteiger partial charge in [-0.2, -0.15) is 0 Å². The monoisotopic (exact) mass is 287 g/mol. The molecule has 1 aromatic rings. The normalized spacial score (nSPS) is 17.5. The first-order valence-electron chi connectivity index (χ1n) is 6.19. The minimum absolute atomic E-state index is 0.114. The van der Waals surface area contributed by atoms with Gasteiger partial charge in [0.15, 0.2) is 5.78 Å². The molecule has 1 aliphatic rings. The third-order valence-electron chi connectivity index (χ3n) is 3.13. The van der Waals surface area contributed by atoms with Crippen LogP contribution < -0.4 is 0 Å². The van der Waals surface area contributed by atoms with Crippen molar-refractivity contribution in [2.75, 3.05) is 0 Å². The Labute approximate surface area is 122 Å². The lowest BCUT2D eigenvalue weighted by molar-refractivity contribution is -0.112. The molecule has 0 N–H and O–H groups in total. The number of nitrogens with zero attached hydrogens (tertiary/aromatic N) is 1. The van der Waals surface area contributed by atoms with Crippen LogP contribution in [0.15, 0.2) is 51.5 Å². The zero-order valence-corrected chi connectivity index (χ0v) is 12.3. The van der Waals surface area contributed by atoms with Crippen molar-refractivity contribution in [3.05, 3.63) is 57.6 Å². The van der Waals surface area contributed by atoms with Gasteiger partial charge in [0.2, 0.25) is 0 Å². The molecule has 0 unspecified atom stereocenters. The highest BCUT2D eigenvalue weighted by molar-refractivity contribution is 6.50. The topological polar surface area (TPSA) is 46.5 Å². The Morgan fingerprint density at radius 1 is 1.10 bits per heavy atom. The molecular formula is C16H14ClNO2. The molecule has 20 heavy (non-hydrogen) atoms. The lowest BCUT2D eigenvalue weighted by Gasteiger charge is -2.12. The van der Waals surface area contributed by atoms with Crippen LogP contribution >= 0.6 is 11.6 Å². The summed E-state index contributed by atoms with van der Waals surface area (Å²) in [6.45, 7) is 5.26. The van der Waals surface area contributed by atoms with Gasteiger partial charge in [-0.3, -0.25) is 9.59 Å². The van der Waals surface area contributed by atoms with Crippen molar-refractivity contribution in [1.29, 1.82) is 0 Å². The number of halogens is 1. The van der Waals surface area contributed by atoms with Crippen LogP contribution in [0, 0.1) is 6.92 Å². The van der Waals surface area contributed by atoms with Crippen LogP contribution in [0.25, 0.3) is 0 Å². The van der Waals surface area contributed by atoms with E-state index in [1.54, 1.807) is 32.1 Å². The Morgan fingerprint density at radius 3 is 2.30 bits per heavy atom. The van der Waals surface area contributed by atoms with Gasteiger partial charge in [-0.1, -0.05) is 29.3 Å². The van der Waals surface area contributed by atoms with Crippen molar-refractivity contribution < 1.29 is 9.59 Å². The maximum atomic E-state index is 12.1. The predicted molar refractivity (Wildman–Crippen MR) is 80.3 cm³/mol. The average molecular weight is 288 g/mol. The Bertz CT molecular complexity index is 679. The van der Waals surface area contributed by atoms with Crippen molar-refractivity contribution in [1.82, 2.24) is 0 Å². The van der Waals surface area contributed by atoms with E-state index in [2.05, 4.69) is 4.99 Å². The molecular weight excluding hydrogens is 274 g/mol. The third-order valence-corrected chi connectivity index (χ3v) is 3.60. The number of allylic oxidation sites excluding steroid dienone is 4. The van der Waals surface area contributed by atoms with Crippen LogP contribution in [-0.4, -0.2) is 17.4 Å². The zero-order valence-electron chi connectivity index (χ0n) is 11.5. The van der Waals surface area contributed by atoms with E-state index in [4.69, 9.17) is 11.6 Å². The first-order valence-corrected chi connectivity index (χ1v) is 6.57. The molecule has 0 bridgehead atoms. The highest BCUT2D eigenvalue weighted by atomic mass is 35.5. The summed E-state index contributed by atoms with van der Waals surface area (Å²) in [4.78, 5) is 27.8. The Hall–Kier alpha value is -2.00. The number of rotatable bonds is 1. The molecule has 102 valence electrons. The molecule has 0 aromatic heterocycles. The fourth-order valence-electron chi connectivity index (χ4n) is 1.87. The van der Waals surface area contributed by atoms with Crippen molar-refractivity contribution >= 4 is 29.0 Å². The summed E-state index contributed by atoms with van der Waals surface area (Å²) >= 11 is 6.08. The van der Waals surface area contributed by atoms with Crippen LogP contribution in [0.4, 0.5) is 0 Å². The number of ketones is 1. The molecule has 0 heterocycles. The van der Waals surface area contributed by atoms with Crippen molar-refractivity contribution in [2.24, 2.45) is 4.99 Å². The molecule has 0 spiro atoms. The quantitative estimate of drug-likeness (QED) is 0.741. The molecule has 0 radical (unpaired) electrons. The maximum Gasteiger partial charge on any atom is 0.277 e. The van der Waals surface area contributed by atoms with E-state index in [1.165, 1.54) is 0 Å². The van der Waals surface area contributed by atoms with Gasteiger partial charge in [0.1, 0.15) is 0 Å². The van der Waals surface area contributed by atoms with E-state index in [0.29, 0.717) is 22.4 Å². The lowest BCUT2D eigenvalue weighted by Crippen LogP contribution is -2.15. The maximum absolute atomic E-state index is 12.1. The minimum Gasteiger partial charge on any atom is -0.289 e. The molecule has 1 aliphatic carbocycles. The number of carbonyl (C=O) groups excluding carboxylic acids is 2. The van der Waals surface area contributed by atoms with Gasteiger partial charge in [-0.05, 0) is 44.6 Å². The molecule has 0 atom stereocenters. The molecule has 0 saturated heterocycles. The van der Waals surface area contributed by atoms with Gasteiger partial charge < -0.3 is 0 Å². The number of Topliss-reactive ketones (excluding diaryl/α,β-unsaturated/α-hetero) is 1. The van der Waals surface area contributed by atoms with E-state index in [9.17, 15) is 9.59 Å². The first-order chi connectivity index (χ1) is 9.40. The molecule has 1 amide bonds. The molecule has 3 nitrogen and oxygen atoms in total. The Balaban J connectivity index is 2.38. The fraction of sp³-hybridized carbons (Fsp3) is 0.188. The Morgan fingerprint density at radius 2 is 1.70 bits per heavy atom. The van der Waals surface area contributed by atoms with Gasteiger partial charge >= 0.3 is 0 Å². The van der Waals surface area contributed by atoms with Crippen molar-refractivity contribution in [3.63, 3.8) is 0 Å². The SMILES string of the molecule is CC1=CC(=NC(=O)c2ccc(C)cc2)C(Cl)=C(C)C1=O. The third kappa shape index (κ3) is 2.78. The average Bonchev–Trinajstić information content (AvgIpc) is 2.43. The standard InChI is InChI=1S/C16H14ClNO2/c1-9-4-6-12(7-5-9)16(20)18-13-8-10(2)15(19)11(3)14(13)17/h4-8H,1-3H3. The number of hydrogen-bond donors (Lipinski definition) is 0. The lowest BCUT2D eigenvalue weighted by atomic mass is 9.97. The van der Waals surface area contributed by atoms with Crippen molar-refractivity contribution in [3.8, 4) is 0 Å². The number of benzene rings is 1. The van der Waals surface area contributed by atoms with Gasteiger partial charge in [-0.15, -0.1) is 0 Å². The highest BCUT2D eigenvalue weighted by Gasteiger charge is 2.21. The molecule has 0 fully saturated rings. The van der Waals surface area contributed by atoms with E-state index >= 15 is 0 Å². The molecule has 0 saturated carbocycles. The zero-order chi connectivity index (χ0) is 14.9. The molecule has 4 heteroatoms. The smallest absolute Gasteiger partial charge is 0.277 e. The van der Waals surface area contributed by atoms with Gasteiger partial charge in [0, 0.05) is 11.1 Å². The summed E-state index contributed by atoms with van der Waals surface area (Å²) in [5.41, 5.74) is 2.85. The molecule has 2 rings (SSSR count). The second kappa shape index (κ2) is 5.55. The largest absolute Gasteiger partial charge is 0.289 e.